The van der Waals surface area contributed by atoms with E-state index in [2.05, 4.69) is 0 Å². The Hall–Kier alpha value is -1.03. The van der Waals surface area contributed by atoms with E-state index in [0.717, 1.165) is 30.4 Å². The smallest absolute Gasteiger partial charge is 0.330 e. The molecule has 1 aliphatic rings. The molecule has 1 aromatic carbocycles. The minimum Gasteiger partial charge on any atom is -0.330 e. The molecule has 4 heteroatoms. The maximum atomic E-state index is 12.7. The van der Waals surface area contributed by atoms with Gasteiger partial charge in [-0.25, -0.2) is 0 Å². The fourth-order valence-corrected chi connectivity index (χ4v) is 2.55. The molecule has 0 heterocycles. The van der Waals surface area contributed by atoms with E-state index in [4.69, 9.17) is 5.73 Å². The van der Waals surface area contributed by atoms with Gasteiger partial charge in [0.25, 0.3) is 0 Å². The number of halogens is 3. The topological polar surface area (TPSA) is 26.0 Å². The summed E-state index contributed by atoms with van der Waals surface area (Å²) in [4.78, 5) is 0. The van der Waals surface area contributed by atoms with E-state index in [1.54, 1.807) is 6.07 Å². The predicted molar refractivity (Wildman–Crippen MR) is 60.8 cm³/mol. The van der Waals surface area contributed by atoms with Crippen LogP contribution in [0.5, 0.6) is 0 Å². The molecule has 1 nitrogen and oxygen atoms in total. The van der Waals surface area contributed by atoms with E-state index in [1.165, 1.54) is 12.1 Å². The third-order valence-electron chi connectivity index (χ3n) is 3.71. The van der Waals surface area contributed by atoms with E-state index in [-0.39, 0.29) is 5.41 Å². The van der Waals surface area contributed by atoms with Crippen LogP contribution in [0, 0.1) is 0 Å². The normalized spacial score (nSPS) is 24.5. The minimum atomic E-state index is -4.28. The van der Waals surface area contributed by atoms with E-state index in [0.29, 0.717) is 6.54 Å². The van der Waals surface area contributed by atoms with Crippen molar-refractivity contribution in [3.8, 4) is 0 Å². The lowest BCUT2D eigenvalue weighted by molar-refractivity contribution is -0.137. The van der Waals surface area contributed by atoms with Gasteiger partial charge in [-0.05, 0) is 42.5 Å². The molecule has 0 saturated heterocycles. The van der Waals surface area contributed by atoms with Crippen molar-refractivity contribution in [2.24, 2.45) is 5.73 Å². The molecule has 1 aliphatic carbocycles. The molecule has 0 spiro atoms. The molecule has 1 unspecified atom stereocenters. The van der Waals surface area contributed by atoms with Crippen LogP contribution in [-0.2, 0) is 18.0 Å². The molecular formula is C13H16F3N. The van der Waals surface area contributed by atoms with Crippen LogP contribution < -0.4 is 5.73 Å². The van der Waals surface area contributed by atoms with E-state index < -0.39 is 11.7 Å². The Morgan fingerprint density at radius 2 is 2.06 bits per heavy atom. The molecule has 94 valence electrons. The molecule has 0 fully saturated rings. The van der Waals surface area contributed by atoms with Crippen LogP contribution in [0.1, 0.15) is 36.5 Å². The number of fused-ring (bicyclic) bond motifs is 1. The highest BCUT2D eigenvalue weighted by Gasteiger charge is 2.35. The first-order valence-electron chi connectivity index (χ1n) is 5.77. The summed E-state index contributed by atoms with van der Waals surface area (Å²) < 4.78 is 38.0. The van der Waals surface area contributed by atoms with Gasteiger partial charge in [0, 0.05) is 12.0 Å². The van der Waals surface area contributed by atoms with E-state index in [9.17, 15) is 13.2 Å². The molecule has 0 aliphatic heterocycles. The van der Waals surface area contributed by atoms with Gasteiger partial charge in [0.1, 0.15) is 0 Å². The lowest BCUT2D eigenvalue weighted by Gasteiger charge is -2.35. The Balaban J connectivity index is 2.52. The number of rotatable bonds is 1. The minimum absolute atomic E-state index is 0.311. The van der Waals surface area contributed by atoms with Crippen LogP contribution in [0.2, 0.25) is 0 Å². The zero-order valence-corrected chi connectivity index (χ0v) is 9.77. The highest BCUT2D eigenvalue weighted by Crippen LogP contribution is 2.39. The average Bonchev–Trinajstić information content (AvgIpc) is 2.28. The molecule has 1 aromatic rings. The standard InChI is InChI=1S/C13H16F3N/c1-12(8-17)6-2-3-9-4-5-10(7-11(9)12)13(14,15)16/h4-5,7H,2-3,6,8,17H2,1H3. The molecule has 0 amide bonds. The quantitative estimate of drug-likeness (QED) is 0.805. The van der Waals surface area contributed by atoms with Crippen LogP contribution in [0.3, 0.4) is 0 Å². The van der Waals surface area contributed by atoms with Gasteiger partial charge < -0.3 is 5.73 Å². The molecule has 0 radical (unpaired) electrons. The lowest BCUT2D eigenvalue weighted by atomic mass is 9.71. The average molecular weight is 243 g/mol. The SMILES string of the molecule is CC1(CN)CCCc2ccc(C(F)(F)F)cc21. The van der Waals surface area contributed by atoms with Crippen molar-refractivity contribution in [2.45, 2.75) is 37.8 Å². The van der Waals surface area contributed by atoms with E-state index in [1.807, 2.05) is 6.92 Å². The second kappa shape index (κ2) is 4.02. The zero-order valence-electron chi connectivity index (χ0n) is 9.77. The third kappa shape index (κ3) is 2.18. The number of benzene rings is 1. The summed E-state index contributed by atoms with van der Waals surface area (Å²) in [5.74, 6) is 0. The van der Waals surface area contributed by atoms with Crippen molar-refractivity contribution in [3.05, 3.63) is 34.9 Å². The van der Waals surface area contributed by atoms with Crippen molar-refractivity contribution < 1.29 is 13.2 Å². The summed E-state index contributed by atoms with van der Waals surface area (Å²) >= 11 is 0. The van der Waals surface area contributed by atoms with Gasteiger partial charge in [0.2, 0.25) is 0 Å². The lowest BCUT2D eigenvalue weighted by Crippen LogP contribution is -2.35. The highest BCUT2D eigenvalue weighted by molar-refractivity contribution is 5.40. The summed E-state index contributed by atoms with van der Waals surface area (Å²) in [7, 11) is 0. The van der Waals surface area contributed by atoms with Gasteiger partial charge in [-0.1, -0.05) is 13.0 Å². The van der Waals surface area contributed by atoms with Crippen LogP contribution >= 0.6 is 0 Å². The molecule has 0 aromatic heterocycles. The molecule has 2 rings (SSSR count). The van der Waals surface area contributed by atoms with Gasteiger partial charge in [-0.3, -0.25) is 0 Å². The number of alkyl halides is 3. The van der Waals surface area contributed by atoms with Crippen molar-refractivity contribution in [3.63, 3.8) is 0 Å². The van der Waals surface area contributed by atoms with Gasteiger partial charge in [-0.2, -0.15) is 13.2 Å². The Kier molecular flexibility index (Phi) is 2.94. The highest BCUT2D eigenvalue weighted by atomic mass is 19.4. The fourth-order valence-electron chi connectivity index (χ4n) is 2.55. The number of hydrogen-bond acceptors (Lipinski definition) is 1. The summed E-state index contributed by atoms with van der Waals surface area (Å²) in [6.45, 7) is 2.34. The number of hydrogen-bond donors (Lipinski definition) is 1. The van der Waals surface area contributed by atoms with E-state index >= 15 is 0 Å². The van der Waals surface area contributed by atoms with Crippen LogP contribution in [0.15, 0.2) is 18.2 Å². The molecule has 2 N–H and O–H groups in total. The summed E-state index contributed by atoms with van der Waals surface area (Å²) in [5, 5.41) is 0. The van der Waals surface area contributed by atoms with Gasteiger partial charge >= 0.3 is 6.18 Å². The summed E-state index contributed by atoms with van der Waals surface area (Å²) in [6, 6.07) is 4.05. The van der Waals surface area contributed by atoms with Crippen LogP contribution in [0.4, 0.5) is 13.2 Å². The Morgan fingerprint density at radius 3 is 2.65 bits per heavy atom. The first-order chi connectivity index (χ1) is 7.87. The first kappa shape index (κ1) is 12.4. The second-order valence-corrected chi connectivity index (χ2v) is 4.99. The van der Waals surface area contributed by atoms with Crippen molar-refractivity contribution in [1.82, 2.24) is 0 Å². The molecule has 1 atom stereocenters. The zero-order chi connectivity index (χ0) is 12.7. The fraction of sp³-hybridized carbons (Fsp3) is 0.538. The largest absolute Gasteiger partial charge is 0.416 e. The molecule has 0 bridgehead atoms. The summed E-state index contributed by atoms with van der Waals surface area (Å²) in [6.07, 6.45) is -1.57. The van der Waals surface area contributed by atoms with Gasteiger partial charge in [-0.15, -0.1) is 0 Å². The van der Waals surface area contributed by atoms with Crippen molar-refractivity contribution in [1.29, 1.82) is 0 Å². The first-order valence-corrected chi connectivity index (χ1v) is 5.77. The van der Waals surface area contributed by atoms with Gasteiger partial charge in [0.15, 0.2) is 0 Å². The second-order valence-electron chi connectivity index (χ2n) is 4.99. The molecule has 17 heavy (non-hydrogen) atoms. The Labute approximate surface area is 98.8 Å². The predicted octanol–water partition coefficient (Wildman–Crippen LogP) is 3.26. The number of nitrogens with two attached hydrogens (primary N) is 1. The van der Waals surface area contributed by atoms with Gasteiger partial charge in [0.05, 0.1) is 5.56 Å². The Bertz CT molecular complexity index is 425. The van der Waals surface area contributed by atoms with Crippen LogP contribution in [0.25, 0.3) is 0 Å². The number of aryl methyl sites for hydroxylation is 1. The maximum Gasteiger partial charge on any atom is 0.416 e. The molecule has 0 saturated carbocycles. The monoisotopic (exact) mass is 243 g/mol. The van der Waals surface area contributed by atoms with Crippen molar-refractivity contribution in [2.75, 3.05) is 6.54 Å². The Morgan fingerprint density at radius 1 is 1.35 bits per heavy atom. The van der Waals surface area contributed by atoms with Crippen molar-refractivity contribution >= 4 is 0 Å². The summed E-state index contributed by atoms with van der Waals surface area (Å²) in [5.41, 5.74) is 6.64. The molecular weight excluding hydrogens is 227 g/mol. The maximum absolute atomic E-state index is 12.7. The third-order valence-corrected chi connectivity index (χ3v) is 3.71. The van der Waals surface area contributed by atoms with Crippen LogP contribution in [-0.4, -0.2) is 6.54 Å².